The summed E-state index contributed by atoms with van der Waals surface area (Å²) in [5, 5.41) is 9.14. The van der Waals surface area contributed by atoms with Gasteiger partial charge in [0, 0.05) is 4.47 Å². The average Bonchev–Trinajstić information content (AvgIpc) is 2.48. The first-order valence-corrected chi connectivity index (χ1v) is 6.70. The Hall–Kier alpha value is -2.34. The van der Waals surface area contributed by atoms with Crippen LogP contribution in [0.15, 0.2) is 46.9 Å². The second kappa shape index (κ2) is 6.41. The van der Waals surface area contributed by atoms with E-state index in [2.05, 4.69) is 15.9 Å². The third kappa shape index (κ3) is 3.41. The van der Waals surface area contributed by atoms with Crippen LogP contribution in [0.5, 0.6) is 11.5 Å². The molecule has 2 aromatic rings. The molecule has 0 bridgehead atoms. The maximum absolute atomic E-state index is 12.1. The van der Waals surface area contributed by atoms with Gasteiger partial charge in [-0.05, 0) is 30.3 Å². The maximum Gasteiger partial charge on any atom is 0.347 e. The number of rotatable bonds is 4. The van der Waals surface area contributed by atoms with Gasteiger partial charge >= 0.3 is 11.9 Å². The molecule has 0 saturated heterocycles. The summed E-state index contributed by atoms with van der Waals surface area (Å²) < 4.78 is 10.8. The van der Waals surface area contributed by atoms with Crippen molar-refractivity contribution in [2.24, 2.45) is 0 Å². The van der Waals surface area contributed by atoms with Crippen LogP contribution in [0.4, 0.5) is 0 Å². The third-order valence-corrected chi connectivity index (χ3v) is 3.19. The molecular formula is C15H11BrO5. The molecule has 21 heavy (non-hydrogen) atoms. The SMILES string of the molecule is COc1ccccc1C(=O)Oc1ccc(Br)cc1C(=O)O. The first-order valence-electron chi connectivity index (χ1n) is 5.91. The molecular weight excluding hydrogens is 340 g/mol. The van der Waals surface area contributed by atoms with Crippen molar-refractivity contribution in [1.82, 2.24) is 0 Å². The number of esters is 1. The van der Waals surface area contributed by atoms with Crippen molar-refractivity contribution in [2.45, 2.75) is 0 Å². The number of hydrogen-bond donors (Lipinski definition) is 1. The Kier molecular flexibility index (Phi) is 4.59. The molecule has 0 radical (unpaired) electrons. The minimum Gasteiger partial charge on any atom is -0.496 e. The van der Waals surface area contributed by atoms with E-state index in [1.165, 1.54) is 19.2 Å². The number of halogens is 1. The van der Waals surface area contributed by atoms with Crippen LogP contribution in [0, 0.1) is 0 Å². The van der Waals surface area contributed by atoms with Gasteiger partial charge in [0.15, 0.2) is 0 Å². The van der Waals surface area contributed by atoms with Gasteiger partial charge in [-0.15, -0.1) is 0 Å². The Labute approximate surface area is 129 Å². The van der Waals surface area contributed by atoms with E-state index in [9.17, 15) is 9.59 Å². The molecule has 0 spiro atoms. The van der Waals surface area contributed by atoms with Crippen molar-refractivity contribution in [1.29, 1.82) is 0 Å². The Morgan fingerprint density at radius 1 is 1.05 bits per heavy atom. The Morgan fingerprint density at radius 3 is 2.43 bits per heavy atom. The van der Waals surface area contributed by atoms with E-state index < -0.39 is 11.9 Å². The van der Waals surface area contributed by atoms with Crippen LogP contribution in [-0.2, 0) is 0 Å². The monoisotopic (exact) mass is 350 g/mol. The van der Waals surface area contributed by atoms with E-state index in [0.717, 1.165) is 0 Å². The van der Waals surface area contributed by atoms with Gasteiger partial charge in [-0.2, -0.15) is 0 Å². The first kappa shape index (κ1) is 15.1. The number of carboxylic acid groups (broad SMARTS) is 1. The number of aromatic carboxylic acids is 1. The van der Waals surface area contributed by atoms with E-state index >= 15 is 0 Å². The lowest BCUT2D eigenvalue weighted by molar-refractivity contribution is 0.0680. The first-order chi connectivity index (χ1) is 10.0. The van der Waals surface area contributed by atoms with Gasteiger partial charge in [0.05, 0.1) is 7.11 Å². The van der Waals surface area contributed by atoms with Crippen molar-refractivity contribution < 1.29 is 24.2 Å². The van der Waals surface area contributed by atoms with Gasteiger partial charge in [-0.25, -0.2) is 9.59 Å². The van der Waals surface area contributed by atoms with Crippen molar-refractivity contribution in [3.05, 3.63) is 58.1 Å². The van der Waals surface area contributed by atoms with Crippen molar-refractivity contribution in [3.63, 3.8) is 0 Å². The number of para-hydroxylation sites is 1. The highest BCUT2D eigenvalue weighted by Crippen LogP contribution is 2.26. The number of benzene rings is 2. The van der Waals surface area contributed by atoms with Crippen LogP contribution in [0.3, 0.4) is 0 Å². The van der Waals surface area contributed by atoms with Gasteiger partial charge in [-0.3, -0.25) is 0 Å². The van der Waals surface area contributed by atoms with E-state index in [4.69, 9.17) is 14.6 Å². The molecule has 108 valence electrons. The van der Waals surface area contributed by atoms with E-state index in [0.29, 0.717) is 10.2 Å². The summed E-state index contributed by atoms with van der Waals surface area (Å²) >= 11 is 3.17. The van der Waals surface area contributed by atoms with Gasteiger partial charge in [-0.1, -0.05) is 28.1 Å². The second-order valence-corrected chi connectivity index (χ2v) is 4.95. The fourth-order valence-corrected chi connectivity index (χ4v) is 2.09. The Bertz CT molecular complexity index is 696. The number of carboxylic acids is 1. The van der Waals surface area contributed by atoms with Crippen LogP contribution >= 0.6 is 15.9 Å². The van der Waals surface area contributed by atoms with E-state index in [-0.39, 0.29) is 16.9 Å². The van der Waals surface area contributed by atoms with Crippen molar-refractivity contribution >= 4 is 27.9 Å². The van der Waals surface area contributed by atoms with E-state index in [1.54, 1.807) is 30.3 Å². The quantitative estimate of drug-likeness (QED) is 0.675. The number of hydrogen-bond acceptors (Lipinski definition) is 4. The third-order valence-electron chi connectivity index (χ3n) is 2.70. The van der Waals surface area contributed by atoms with Gasteiger partial charge in [0.25, 0.3) is 0 Å². The molecule has 0 amide bonds. The molecule has 0 unspecified atom stereocenters. The molecule has 0 aromatic heterocycles. The Morgan fingerprint density at radius 2 is 1.76 bits per heavy atom. The zero-order valence-corrected chi connectivity index (χ0v) is 12.6. The average molecular weight is 351 g/mol. The van der Waals surface area contributed by atoms with Crippen LogP contribution in [-0.4, -0.2) is 24.2 Å². The molecule has 2 aromatic carbocycles. The highest BCUT2D eigenvalue weighted by molar-refractivity contribution is 9.10. The van der Waals surface area contributed by atoms with Gasteiger partial charge in [0.1, 0.15) is 22.6 Å². The predicted octanol–water partition coefficient (Wildman–Crippen LogP) is 3.38. The molecule has 2 rings (SSSR count). The van der Waals surface area contributed by atoms with Gasteiger partial charge in [0.2, 0.25) is 0 Å². The predicted molar refractivity (Wildman–Crippen MR) is 79.1 cm³/mol. The fourth-order valence-electron chi connectivity index (χ4n) is 1.73. The van der Waals surface area contributed by atoms with Crippen LogP contribution in [0.1, 0.15) is 20.7 Å². The zero-order valence-electron chi connectivity index (χ0n) is 11.0. The lowest BCUT2D eigenvalue weighted by Crippen LogP contribution is -2.12. The number of carbonyl (C=O) groups excluding carboxylic acids is 1. The minimum atomic E-state index is -1.18. The van der Waals surface area contributed by atoms with E-state index in [1.807, 2.05) is 0 Å². The summed E-state index contributed by atoms with van der Waals surface area (Å²) in [4.78, 5) is 23.3. The topological polar surface area (TPSA) is 72.8 Å². The number of methoxy groups -OCH3 is 1. The molecule has 6 heteroatoms. The zero-order chi connectivity index (χ0) is 15.4. The van der Waals surface area contributed by atoms with Crippen molar-refractivity contribution in [3.8, 4) is 11.5 Å². The van der Waals surface area contributed by atoms with Crippen molar-refractivity contribution in [2.75, 3.05) is 7.11 Å². The second-order valence-electron chi connectivity index (χ2n) is 4.04. The highest BCUT2D eigenvalue weighted by atomic mass is 79.9. The lowest BCUT2D eigenvalue weighted by Gasteiger charge is -2.10. The smallest absolute Gasteiger partial charge is 0.347 e. The largest absolute Gasteiger partial charge is 0.496 e. The van der Waals surface area contributed by atoms with Gasteiger partial charge < -0.3 is 14.6 Å². The van der Waals surface area contributed by atoms with Crippen LogP contribution in [0.25, 0.3) is 0 Å². The molecule has 0 saturated carbocycles. The van der Waals surface area contributed by atoms with Crippen LogP contribution in [0.2, 0.25) is 0 Å². The summed E-state index contributed by atoms with van der Waals surface area (Å²) in [6, 6.07) is 10.9. The fraction of sp³-hybridized carbons (Fsp3) is 0.0667. The summed E-state index contributed by atoms with van der Waals surface area (Å²) in [5.41, 5.74) is 0.117. The Balaban J connectivity index is 2.34. The molecule has 5 nitrogen and oxygen atoms in total. The molecule has 0 atom stereocenters. The molecule has 0 aliphatic rings. The van der Waals surface area contributed by atoms with Crippen LogP contribution < -0.4 is 9.47 Å². The molecule has 0 aliphatic heterocycles. The normalized spacial score (nSPS) is 10.0. The maximum atomic E-state index is 12.1. The standard InChI is InChI=1S/C15H11BrO5/c1-20-12-5-3-2-4-10(12)15(19)21-13-7-6-9(16)8-11(13)14(17)18/h2-8H,1H3,(H,17,18). The molecule has 0 aliphatic carbocycles. The lowest BCUT2D eigenvalue weighted by atomic mass is 10.2. The number of ether oxygens (including phenoxy) is 2. The highest BCUT2D eigenvalue weighted by Gasteiger charge is 2.18. The summed E-state index contributed by atoms with van der Waals surface area (Å²) in [7, 11) is 1.44. The molecule has 0 fully saturated rings. The molecule has 1 N–H and O–H groups in total. The minimum absolute atomic E-state index is 0.0263. The summed E-state index contributed by atoms with van der Waals surface area (Å²) in [6.07, 6.45) is 0. The number of carbonyl (C=O) groups is 2. The molecule has 0 heterocycles. The summed E-state index contributed by atoms with van der Waals surface area (Å²) in [5.74, 6) is -1.53. The summed E-state index contributed by atoms with van der Waals surface area (Å²) in [6.45, 7) is 0.